The van der Waals surface area contributed by atoms with Crippen LogP contribution in [0.5, 0.6) is 0 Å². The molecule has 0 radical (unpaired) electrons. The van der Waals surface area contributed by atoms with Crippen molar-refractivity contribution in [2.45, 2.75) is 23.4 Å². The SMILES string of the molecule is CSc1cc(C(Cl)C(C)=O)ccc1C(F)(F)F. The molecule has 0 aromatic heterocycles. The summed E-state index contributed by atoms with van der Waals surface area (Å²) in [6.07, 6.45) is -2.85. The summed E-state index contributed by atoms with van der Waals surface area (Å²) in [6.45, 7) is 1.30. The molecule has 0 aliphatic carbocycles. The quantitative estimate of drug-likeness (QED) is 0.607. The van der Waals surface area contributed by atoms with Gasteiger partial charge < -0.3 is 0 Å². The summed E-state index contributed by atoms with van der Waals surface area (Å²) in [5, 5.41) is -0.900. The zero-order valence-corrected chi connectivity index (χ0v) is 10.7. The van der Waals surface area contributed by atoms with Crippen LogP contribution in [0.1, 0.15) is 23.4 Å². The number of Topliss-reactive ketones (excluding diaryl/α,β-unsaturated/α-hetero) is 1. The van der Waals surface area contributed by atoms with E-state index in [0.717, 1.165) is 17.8 Å². The summed E-state index contributed by atoms with van der Waals surface area (Å²) < 4.78 is 37.8. The molecule has 0 aliphatic heterocycles. The molecule has 1 atom stereocenters. The number of hydrogen-bond donors (Lipinski definition) is 0. The lowest BCUT2D eigenvalue weighted by Crippen LogP contribution is -2.08. The highest BCUT2D eigenvalue weighted by atomic mass is 35.5. The maximum absolute atomic E-state index is 12.6. The molecule has 0 heterocycles. The predicted molar refractivity (Wildman–Crippen MR) is 62.5 cm³/mol. The van der Waals surface area contributed by atoms with Crippen LogP contribution in [0.3, 0.4) is 0 Å². The van der Waals surface area contributed by atoms with Gasteiger partial charge in [0.05, 0.1) is 5.56 Å². The molecule has 0 saturated heterocycles. The Morgan fingerprint density at radius 1 is 1.41 bits per heavy atom. The van der Waals surface area contributed by atoms with Crippen molar-refractivity contribution in [1.29, 1.82) is 0 Å². The highest BCUT2D eigenvalue weighted by Crippen LogP contribution is 2.37. The van der Waals surface area contributed by atoms with Crippen LogP contribution in [0.15, 0.2) is 23.1 Å². The van der Waals surface area contributed by atoms with Crippen LogP contribution in [0.25, 0.3) is 0 Å². The molecule has 1 aromatic carbocycles. The van der Waals surface area contributed by atoms with E-state index in [0.29, 0.717) is 5.56 Å². The molecular weight excluding hydrogens is 273 g/mol. The normalized spacial score (nSPS) is 13.5. The molecule has 0 saturated carbocycles. The molecule has 1 unspecified atom stereocenters. The molecule has 0 bridgehead atoms. The van der Waals surface area contributed by atoms with Gasteiger partial charge in [-0.25, -0.2) is 0 Å². The Hall–Kier alpha value is -0.680. The van der Waals surface area contributed by atoms with Gasteiger partial charge in [0.25, 0.3) is 0 Å². The zero-order valence-electron chi connectivity index (χ0n) is 9.14. The van der Waals surface area contributed by atoms with Gasteiger partial charge in [0, 0.05) is 4.90 Å². The maximum Gasteiger partial charge on any atom is 0.417 e. The number of halogens is 4. The van der Waals surface area contributed by atoms with E-state index in [9.17, 15) is 18.0 Å². The molecule has 94 valence electrons. The van der Waals surface area contributed by atoms with Crippen LogP contribution >= 0.6 is 23.4 Å². The molecule has 1 rings (SSSR count). The lowest BCUT2D eigenvalue weighted by atomic mass is 10.1. The minimum Gasteiger partial charge on any atom is -0.298 e. The number of carbonyl (C=O) groups excluding carboxylic acids is 1. The second-order valence-electron chi connectivity index (χ2n) is 3.43. The van der Waals surface area contributed by atoms with Gasteiger partial charge in [-0.3, -0.25) is 4.79 Å². The van der Waals surface area contributed by atoms with Crippen LogP contribution in [0.4, 0.5) is 13.2 Å². The fraction of sp³-hybridized carbons (Fsp3) is 0.364. The van der Waals surface area contributed by atoms with E-state index >= 15 is 0 Å². The van der Waals surface area contributed by atoms with E-state index in [2.05, 4.69) is 0 Å². The first-order valence-corrected chi connectivity index (χ1v) is 6.33. The molecule has 0 N–H and O–H groups in total. The van der Waals surface area contributed by atoms with Crippen LogP contribution in [-0.4, -0.2) is 12.0 Å². The van der Waals surface area contributed by atoms with E-state index in [1.54, 1.807) is 6.26 Å². The first-order chi connectivity index (χ1) is 7.77. The third kappa shape index (κ3) is 3.39. The average molecular weight is 283 g/mol. The maximum atomic E-state index is 12.6. The summed E-state index contributed by atoms with van der Waals surface area (Å²) in [5.74, 6) is -0.293. The van der Waals surface area contributed by atoms with Gasteiger partial charge in [-0.15, -0.1) is 23.4 Å². The molecule has 0 aliphatic rings. The monoisotopic (exact) mass is 282 g/mol. The summed E-state index contributed by atoms with van der Waals surface area (Å²) in [5.41, 5.74) is -0.322. The minimum atomic E-state index is -4.39. The van der Waals surface area contributed by atoms with E-state index in [1.807, 2.05) is 0 Å². The summed E-state index contributed by atoms with van der Waals surface area (Å²) in [4.78, 5) is 11.1. The third-order valence-electron chi connectivity index (χ3n) is 2.18. The number of rotatable bonds is 3. The van der Waals surface area contributed by atoms with Crippen molar-refractivity contribution in [3.63, 3.8) is 0 Å². The van der Waals surface area contributed by atoms with Gasteiger partial charge in [0.1, 0.15) is 5.38 Å². The lowest BCUT2D eigenvalue weighted by Gasteiger charge is -2.14. The Morgan fingerprint density at radius 3 is 2.41 bits per heavy atom. The molecule has 0 amide bonds. The standard InChI is InChI=1S/C11H10ClF3OS/c1-6(16)10(12)7-3-4-8(11(13,14)15)9(5-7)17-2/h3-5,10H,1-2H3. The fourth-order valence-electron chi connectivity index (χ4n) is 1.33. The van der Waals surface area contributed by atoms with Crippen molar-refractivity contribution in [2.24, 2.45) is 0 Å². The smallest absolute Gasteiger partial charge is 0.298 e. The summed E-state index contributed by atoms with van der Waals surface area (Å²) in [6, 6.07) is 3.51. The van der Waals surface area contributed by atoms with Crippen molar-refractivity contribution in [1.82, 2.24) is 0 Å². The van der Waals surface area contributed by atoms with Crippen LogP contribution < -0.4 is 0 Å². The van der Waals surface area contributed by atoms with Crippen LogP contribution in [0, 0.1) is 0 Å². The highest BCUT2D eigenvalue weighted by Gasteiger charge is 2.33. The first kappa shape index (κ1) is 14.4. The number of alkyl halides is 4. The van der Waals surface area contributed by atoms with Crippen molar-refractivity contribution in [3.8, 4) is 0 Å². The van der Waals surface area contributed by atoms with E-state index < -0.39 is 17.1 Å². The van der Waals surface area contributed by atoms with Crippen LogP contribution in [0.2, 0.25) is 0 Å². The third-order valence-corrected chi connectivity index (χ3v) is 3.52. The molecular formula is C11H10ClF3OS. The van der Waals surface area contributed by atoms with Crippen LogP contribution in [-0.2, 0) is 11.0 Å². The zero-order chi connectivity index (χ0) is 13.2. The van der Waals surface area contributed by atoms with Crippen molar-refractivity contribution >= 4 is 29.1 Å². The number of ketones is 1. The lowest BCUT2D eigenvalue weighted by molar-refractivity contribution is -0.139. The van der Waals surface area contributed by atoms with Gasteiger partial charge in [-0.1, -0.05) is 6.07 Å². The Bertz CT molecular complexity index is 431. The Morgan fingerprint density at radius 2 is 2.00 bits per heavy atom. The van der Waals surface area contributed by atoms with E-state index in [4.69, 9.17) is 11.6 Å². The highest BCUT2D eigenvalue weighted by molar-refractivity contribution is 7.98. The minimum absolute atomic E-state index is 0.0712. The molecule has 0 spiro atoms. The Kier molecular flexibility index (Phi) is 4.49. The largest absolute Gasteiger partial charge is 0.417 e. The van der Waals surface area contributed by atoms with Gasteiger partial charge >= 0.3 is 6.18 Å². The molecule has 17 heavy (non-hydrogen) atoms. The second-order valence-corrected chi connectivity index (χ2v) is 4.72. The molecule has 6 heteroatoms. The summed E-state index contributed by atoms with van der Waals surface area (Å²) >= 11 is 6.77. The van der Waals surface area contributed by atoms with Crippen molar-refractivity contribution < 1.29 is 18.0 Å². The molecule has 0 fully saturated rings. The van der Waals surface area contributed by atoms with Gasteiger partial charge in [-0.2, -0.15) is 13.2 Å². The first-order valence-electron chi connectivity index (χ1n) is 4.67. The molecule has 1 aromatic rings. The summed E-state index contributed by atoms with van der Waals surface area (Å²) in [7, 11) is 0. The fourth-order valence-corrected chi connectivity index (χ4v) is 2.13. The number of thioether (sulfide) groups is 1. The Balaban J connectivity index is 3.22. The van der Waals surface area contributed by atoms with Crippen molar-refractivity contribution in [3.05, 3.63) is 29.3 Å². The predicted octanol–water partition coefficient (Wildman–Crippen LogP) is 4.30. The average Bonchev–Trinajstić information content (AvgIpc) is 2.25. The van der Waals surface area contributed by atoms with E-state index in [-0.39, 0.29) is 10.7 Å². The van der Waals surface area contributed by atoms with Gasteiger partial charge in [0.2, 0.25) is 0 Å². The second kappa shape index (κ2) is 5.31. The number of carbonyl (C=O) groups is 1. The van der Waals surface area contributed by atoms with Crippen molar-refractivity contribution in [2.75, 3.05) is 6.26 Å². The topological polar surface area (TPSA) is 17.1 Å². The van der Waals surface area contributed by atoms with Gasteiger partial charge in [0.15, 0.2) is 5.78 Å². The Labute approximate surface area is 106 Å². The number of benzene rings is 1. The van der Waals surface area contributed by atoms with Gasteiger partial charge in [-0.05, 0) is 30.9 Å². The number of hydrogen-bond acceptors (Lipinski definition) is 2. The molecule has 1 nitrogen and oxygen atoms in total. The van der Waals surface area contributed by atoms with E-state index in [1.165, 1.54) is 19.1 Å².